The molecule has 58 heavy (non-hydrogen) atoms. The normalized spacial score (nSPS) is 15.8. The van der Waals surface area contributed by atoms with Crippen LogP contribution in [0.1, 0.15) is 24.0 Å². The van der Waals surface area contributed by atoms with Crippen LogP contribution < -0.4 is 10.7 Å². The van der Waals surface area contributed by atoms with E-state index in [1.54, 1.807) is 0 Å². The van der Waals surface area contributed by atoms with E-state index >= 15 is 0 Å². The van der Waals surface area contributed by atoms with E-state index in [0.717, 1.165) is 108 Å². The summed E-state index contributed by atoms with van der Waals surface area (Å²) >= 11 is 0. The molecule has 0 saturated carbocycles. The largest absolute Gasteiger partial charge is 0.416 e. The molecule has 1 aliphatic rings. The number of halogens is 6. The Morgan fingerprint density at radius 3 is 1.33 bits per heavy atom. The maximum atomic E-state index is 13.9. The first-order valence-electron chi connectivity index (χ1n) is 19.5. The van der Waals surface area contributed by atoms with Crippen LogP contribution >= 0.6 is 0 Å². The molecule has 5 heterocycles. The van der Waals surface area contributed by atoms with Gasteiger partial charge in [0.25, 0.3) is 0 Å². The third kappa shape index (κ3) is 6.81. The zero-order valence-electron chi connectivity index (χ0n) is 32.1. The predicted molar refractivity (Wildman–Crippen MR) is 218 cm³/mol. The Bertz CT molecular complexity index is 2790. The number of rotatable bonds is 8. The summed E-state index contributed by atoms with van der Waals surface area (Å²) in [5.41, 5.74) is 3.36. The Hall–Kier alpha value is -5.60. The van der Waals surface area contributed by atoms with Crippen molar-refractivity contribution >= 4 is 65.7 Å². The smallest absolute Gasteiger partial charge is 0.341 e. The standard InChI is InChI=1S/C44H42F6N8/c1-55-35-15-13-27(43(45,46)47)25-31(35)39(37-29-9-3-5-11-33(29)53-41(37)55)51-17-7-19-57-21-23-58(24-22-57)20-8-18-52-40-32-26-28(44(48,49)50)14-16-36(32)56(2)42-38(40)30-10-4-6-12-34(30)54-42/h3-6,9-16,25-26,53-54H,7-8,17-24H2,1-2H3. The number of para-hydroxylation sites is 2. The SMILES string of the molecule is Cn1c2ccc(C(F)(F)F)cc2c(=NCCCN2CCN(CCCN=c3c4cc(C(F)(F)F)ccc4n(C)c4[nH]c5ccccc5c34)CC2)c2c3ccccc3[nH]c21. The van der Waals surface area contributed by atoms with Gasteiger partial charge in [-0.25, -0.2) is 0 Å². The average molecular weight is 797 g/mol. The van der Waals surface area contributed by atoms with E-state index in [0.29, 0.717) is 45.6 Å². The Morgan fingerprint density at radius 1 is 0.534 bits per heavy atom. The van der Waals surface area contributed by atoms with Crippen molar-refractivity contribution in [2.75, 3.05) is 52.4 Å². The molecule has 2 N–H and O–H groups in total. The molecule has 8 aromatic rings. The van der Waals surface area contributed by atoms with E-state index in [4.69, 9.17) is 9.98 Å². The first-order valence-corrected chi connectivity index (χ1v) is 19.5. The maximum absolute atomic E-state index is 13.9. The zero-order valence-corrected chi connectivity index (χ0v) is 32.1. The third-order valence-corrected chi connectivity index (χ3v) is 11.7. The highest BCUT2D eigenvalue weighted by atomic mass is 19.4. The summed E-state index contributed by atoms with van der Waals surface area (Å²) in [4.78, 5) is 21.7. The fraction of sp³-hybridized carbons (Fsp3) is 0.318. The Morgan fingerprint density at radius 2 is 0.931 bits per heavy atom. The highest BCUT2D eigenvalue weighted by Gasteiger charge is 2.32. The fourth-order valence-electron chi connectivity index (χ4n) is 8.67. The van der Waals surface area contributed by atoms with Crippen molar-refractivity contribution in [1.82, 2.24) is 28.9 Å². The Balaban J connectivity index is 0.886. The zero-order chi connectivity index (χ0) is 40.3. The van der Waals surface area contributed by atoms with Crippen LogP contribution in [0.25, 0.3) is 65.7 Å². The number of nitrogens with one attached hydrogen (secondary N) is 2. The van der Waals surface area contributed by atoms with Crippen molar-refractivity contribution in [1.29, 1.82) is 0 Å². The van der Waals surface area contributed by atoms with Crippen LogP contribution in [0.15, 0.2) is 94.9 Å². The molecule has 4 aromatic heterocycles. The molecule has 8 nitrogen and oxygen atoms in total. The number of fused-ring (bicyclic) bond motifs is 8. The Kier molecular flexibility index (Phi) is 9.59. The summed E-state index contributed by atoms with van der Waals surface area (Å²) in [7, 11) is 3.71. The molecule has 0 amide bonds. The molecular weight excluding hydrogens is 755 g/mol. The monoisotopic (exact) mass is 796 g/mol. The van der Waals surface area contributed by atoms with Gasteiger partial charge in [0, 0.05) is 85.9 Å². The lowest BCUT2D eigenvalue weighted by Gasteiger charge is -2.34. The number of H-pyrrole nitrogens is 2. The van der Waals surface area contributed by atoms with Crippen LogP contribution in [0.2, 0.25) is 0 Å². The number of aromatic nitrogens is 4. The minimum Gasteiger partial charge on any atom is -0.341 e. The van der Waals surface area contributed by atoms with E-state index in [1.165, 1.54) is 24.3 Å². The Labute approximate surface area is 328 Å². The van der Waals surface area contributed by atoms with Crippen LogP contribution in [0.3, 0.4) is 0 Å². The van der Waals surface area contributed by atoms with Gasteiger partial charge in [-0.1, -0.05) is 36.4 Å². The highest BCUT2D eigenvalue weighted by Crippen LogP contribution is 2.34. The molecule has 0 spiro atoms. The molecule has 0 radical (unpaired) electrons. The van der Waals surface area contributed by atoms with Gasteiger partial charge in [-0.05, 0) is 74.5 Å². The number of aromatic amines is 2. The second kappa shape index (κ2) is 14.7. The summed E-state index contributed by atoms with van der Waals surface area (Å²) in [6, 6.07) is 23.3. The molecule has 0 atom stereocenters. The molecular formula is C44H42F6N8. The molecule has 1 fully saturated rings. The van der Waals surface area contributed by atoms with Gasteiger partial charge in [-0.3, -0.25) is 9.98 Å². The van der Waals surface area contributed by atoms with Gasteiger partial charge in [0.05, 0.1) is 43.6 Å². The number of piperazine rings is 1. The molecule has 9 rings (SSSR count). The average Bonchev–Trinajstić information content (AvgIpc) is 3.80. The van der Waals surface area contributed by atoms with Gasteiger partial charge in [0.1, 0.15) is 11.3 Å². The van der Waals surface area contributed by atoms with Crippen molar-refractivity contribution in [2.45, 2.75) is 25.2 Å². The lowest BCUT2D eigenvalue weighted by Crippen LogP contribution is -2.46. The van der Waals surface area contributed by atoms with Gasteiger partial charge in [0.2, 0.25) is 0 Å². The molecule has 0 unspecified atom stereocenters. The van der Waals surface area contributed by atoms with Crippen LogP contribution in [0, 0.1) is 0 Å². The minimum atomic E-state index is -4.47. The van der Waals surface area contributed by atoms with E-state index in [2.05, 4.69) is 19.8 Å². The van der Waals surface area contributed by atoms with Gasteiger partial charge in [-0.2, -0.15) is 26.3 Å². The summed E-state index contributed by atoms with van der Waals surface area (Å²) < 4.78 is 86.9. The van der Waals surface area contributed by atoms with E-state index in [1.807, 2.05) is 71.8 Å². The van der Waals surface area contributed by atoms with E-state index < -0.39 is 23.5 Å². The summed E-state index contributed by atoms with van der Waals surface area (Å²) in [6.07, 6.45) is -7.43. The van der Waals surface area contributed by atoms with Crippen LogP contribution in [0.4, 0.5) is 26.3 Å². The van der Waals surface area contributed by atoms with Crippen molar-refractivity contribution < 1.29 is 26.3 Å². The van der Waals surface area contributed by atoms with Crippen molar-refractivity contribution in [3.05, 3.63) is 107 Å². The number of nitrogens with zero attached hydrogens (tertiary/aromatic N) is 6. The first kappa shape index (κ1) is 37.9. The quantitative estimate of drug-likeness (QED) is 0.119. The molecule has 14 heteroatoms. The van der Waals surface area contributed by atoms with Crippen LogP contribution in [-0.2, 0) is 26.4 Å². The van der Waals surface area contributed by atoms with Gasteiger partial charge in [-0.15, -0.1) is 0 Å². The number of hydrogen-bond donors (Lipinski definition) is 2. The molecule has 4 aromatic carbocycles. The minimum absolute atomic E-state index is 0.468. The topological polar surface area (TPSA) is 72.6 Å². The molecule has 1 saturated heterocycles. The molecule has 0 bridgehead atoms. The number of alkyl halides is 6. The molecule has 300 valence electrons. The van der Waals surface area contributed by atoms with Gasteiger partial charge < -0.3 is 28.9 Å². The van der Waals surface area contributed by atoms with Gasteiger partial charge in [0.15, 0.2) is 0 Å². The third-order valence-electron chi connectivity index (χ3n) is 11.7. The maximum Gasteiger partial charge on any atom is 0.416 e. The number of hydrogen-bond acceptors (Lipinski definition) is 4. The summed E-state index contributed by atoms with van der Waals surface area (Å²) in [5, 5.41) is 5.57. The van der Waals surface area contributed by atoms with E-state index in [-0.39, 0.29) is 0 Å². The van der Waals surface area contributed by atoms with E-state index in [9.17, 15) is 26.3 Å². The first-order chi connectivity index (χ1) is 27.9. The fourth-order valence-corrected chi connectivity index (χ4v) is 8.67. The van der Waals surface area contributed by atoms with Crippen LogP contribution in [-0.4, -0.2) is 81.3 Å². The molecule has 1 aliphatic heterocycles. The second-order valence-corrected chi connectivity index (χ2v) is 15.2. The van der Waals surface area contributed by atoms with Crippen LogP contribution in [0.5, 0.6) is 0 Å². The highest BCUT2D eigenvalue weighted by molar-refractivity contribution is 6.10. The lowest BCUT2D eigenvalue weighted by atomic mass is 10.1. The van der Waals surface area contributed by atoms with Crippen molar-refractivity contribution in [2.24, 2.45) is 24.1 Å². The summed E-state index contributed by atoms with van der Waals surface area (Å²) in [5.74, 6) is 0. The summed E-state index contributed by atoms with van der Waals surface area (Å²) in [6.45, 7) is 6.06. The second-order valence-electron chi connectivity index (χ2n) is 15.2. The number of pyridine rings is 2. The number of aryl methyl sites for hydroxylation is 2. The van der Waals surface area contributed by atoms with Crippen molar-refractivity contribution in [3.63, 3.8) is 0 Å². The van der Waals surface area contributed by atoms with Crippen molar-refractivity contribution in [3.8, 4) is 0 Å². The lowest BCUT2D eigenvalue weighted by molar-refractivity contribution is -0.138. The predicted octanol–water partition coefficient (Wildman–Crippen LogP) is 8.88. The molecule has 0 aliphatic carbocycles. The van der Waals surface area contributed by atoms with Gasteiger partial charge >= 0.3 is 12.4 Å². The number of benzene rings is 4.